The molecule has 0 amide bonds. The minimum Gasteiger partial charge on any atom is -0.493 e. The van der Waals surface area contributed by atoms with Crippen LogP contribution in [-0.2, 0) is 16.0 Å². The van der Waals surface area contributed by atoms with E-state index in [1.807, 2.05) is 32.0 Å². The number of ether oxygens (including phenoxy) is 2. The van der Waals surface area contributed by atoms with Crippen molar-refractivity contribution in [3.05, 3.63) is 29.3 Å². The Balaban J connectivity index is 2.79. The van der Waals surface area contributed by atoms with Crippen molar-refractivity contribution >= 4 is 5.97 Å². The lowest BCUT2D eigenvalue weighted by atomic mass is 10.1. The molecule has 0 radical (unpaired) electrons. The molecule has 0 atom stereocenters. The van der Waals surface area contributed by atoms with E-state index in [4.69, 9.17) is 9.47 Å². The molecule has 0 spiro atoms. The molecule has 0 saturated carbocycles. The van der Waals surface area contributed by atoms with Gasteiger partial charge in [0.15, 0.2) is 0 Å². The van der Waals surface area contributed by atoms with E-state index in [1.54, 1.807) is 0 Å². The number of carbonyl (C=O) groups excluding carboxylic acids is 1. The van der Waals surface area contributed by atoms with E-state index in [-0.39, 0.29) is 12.4 Å². The van der Waals surface area contributed by atoms with Gasteiger partial charge in [0.25, 0.3) is 0 Å². The van der Waals surface area contributed by atoms with Crippen LogP contribution in [0.5, 0.6) is 5.75 Å². The second-order valence-electron chi connectivity index (χ2n) is 3.94. The minimum absolute atomic E-state index is 0.209. The number of aryl methyl sites for hydroxylation is 1. The van der Waals surface area contributed by atoms with Crippen LogP contribution in [0.15, 0.2) is 18.2 Å². The summed E-state index contributed by atoms with van der Waals surface area (Å²) in [7, 11) is 0. The van der Waals surface area contributed by atoms with Crippen molar-refractivity contribution in [1.82, 2.24) is 0 Å². The lowest BCUT2D eigenvalue weighted by molar-refractivity contribution is -0.142. The van der Waals surface area contributed by atoms with Gasteiger partial charge in [0, 0.05) is 5.56 Å². The van der Waals surface area contributed by atoms with Crippen LogP contribution in [-0.4, -0.2) is 19.2 Å². The monoisotopic (exact) mass is 236 g/mol. The minimum atomic E-state index is -0.209. The van der Waals surface area contributed by atoms with Crippen molar-refractivity contribution in [2.24, 2.45) is 0 Å². The molecule has 0 aliphatic rings. The molecular weight excluding hydrogens is 216 g/mol. The van der Waals surface area contributed by atoms with Crippen molar-refractivity contribution < 1.29 is 14.3 Å². The molecule has 0 aromatic heterocycles. The molecule has 0 bridgehead atoms. The molecule has 1 rings (SSSR count). The molecule has 3 nitrogen and oxygen atoms in total. The van der Waals surface area contributed by atoms with Gasteiger partial charge < -0.3 is 9.47 Å². The second-order valence-corrected chi connectivity index (χ2v) is 3.94. The zero-order valence-electron chi connectivity index (χ0n) is 10.8. The topological polar surface area (TPSA) is 35.5 Å². The Bertz CT molecular complexity index is 372. The molecule has 3 heteroatoms. The van der Waals surface area contributed by atoms with Gasteiger partial charge in [-0.25, -0.2) is 0 Å². The Morgan fingerprint density at radius 1 is 1.29 bits per heavy atom. The SMILES string of the molecule is CCCOc1ccc(C)cc1CC(=O)OCC. The first-order valence-electron chi connectivity index (χ1n) is 6.05. The fourth-order valence-corrected chi connectivity index (χ4v) is 1.57. The van der Waals surface area contributed by atoms with Gasteiger partial charge in [-0.15, -0.1) is 0 Å². The predicted octanol–water partition coefficient (Wildman–Crippen LogP) is 2.89. The molecule has 0 N–H and O–H groups in total. The summed E-state index contributed by atoms with van der Waals surface area (Å²) in [4.78, 5) is 11.5. The van der Waals surface area contributed by atoms with Gasteiger partial charge in [0.2, 0.25) is 0 Å². The zero-order valence-corrected chi connectivity index (χ0v) is 10.8. The average molecular weight is 236 g/mol. The summed E-state index contributed by atoms with van der Waals surface area (Å²) in [5.41, 5.74) is 2.02. The standard InChI is InChI=1S/C14H20O3/c1-4-8-17-13-7-6-11(3)9-12(13)10-14(15)16-5-2/h6-7,9H,4-5,8,10H2,1-3H3. The molecule has 1 aromatic rings. The summed E-state index contributed by atoms with van der Waals surface area (Å²) in [5, 5.41) is 0. The Hall–Kier alpha value is -1.51. The number of hydrogen-bond acceptors (Lipinski definition) is 3. The predicted molar refractivity (Wildman–Crippen MR) is 67.3 cm³/mol. The third kappa shape index (κ3) is 4.47. The number of carbonyl (C=O) groups is 1. The van der Waals surface area contributed by atoms with Crippen LogP contribution < -0.4 is 4.74 Å². The van der Waals surface area contributed by atoms with Crippen molar-refractivity contribution in [3.8, 4) is 5.75 Å². The first-order chi connectivity index (χ1) is 8.17. The van der Waals surface area contributed by atoms with Crippen molar-refractivity contribution in [2.75, 3.05) is 13.2 Å². The molecule has 0 heterocycles. The molecule has 0 saturated heterocycles. The molecule has 0 aliphatic carbocycles. The summed E-state index contributed by atoms with van der Waals surface area (Å²) >= 11 is 0. The van der Waals surface area contributed by atoms with Crippen LogP contribution in [0.25, 0.3) is 0 Å². The van der Waals surface area contributed by atoms with Crippen LogP contribution in [0, 0.1) is 6.92 Å². The molecular formula is C14H20O3. The van der Waals surface area contributed by atoms with E-state index in [1.165, 1.54) is 0 Å². The Labute approximate surface area is 103 Å². The number of rotatable bonds is 6. The first-order valence-corrected chi connectivity index (χ1v) is 6.05. The smallest absolute Gasteiger partial charge is 0.310 e. The van der Waals surface area contributed by atoms with Gasteiger partial charge in [-0.2, -0.15) is 0 Å². The maximum absolute atomic E-state index is 11.5. The lowest BCUT2D eigenvalue weighted by Crippen LogP contribution is -2.09. The van der Waals surface area contributed by atoms with Crippen LogP contribution >= 0.6 is 0 Å². The molecule has 0 aliphatic heterocycles. The molecule has 94 valence electrons. The highest BCUT2D eigenvalue weighted by atomic mass is 16.5. The van der Waals surface area contributed by atoms with E-state index < -0.39 is 0 Å². The van der Waals surface area contributed by atoms with Crippen molar-refractivity contribution in [2.45, 2.75) is 33.6 Å². The fraction of sp³-hybridized carbons (Fsp3) is 0.500. The number of benzene rings is 1. The summed E-state index contributed by atoms with van der Waals surface area (Å²) in [6.45, 7) is 6.94. The van der Waals surface area contributed by atoms with Gasteiger partial charge in [0.1, 0.15) is 5.75 Å². The summed E-state index contributed by atoms with van der Waals surface area (Å²) in [6, 6.07) is 5.88. The third-order valence-corrected chi connectivity index (χ3v) is 2.32. The normalized spacial score (nSPS) is 10.1. The van der Waals surface area contributed by atoms with Gasteiger partial charge in [-0.05, 0) is 26.3 Å². The van der Waals surface area contributed by atoms with Gasteiger partial charge in [-0.1, -0.05) is 24.6 Å². The number of esters is 1. The van der Waals surface area contributed by atoms with E-state index in [9.17, 15) is 4.79 Å². The maximum Gasteiger partial charge on any atom is 0.310 e. The maximum atomic E-state index is 11.5. The highest BCUT2D eigenvalue weighted by molar-refractivity contribution is 5.73. The largest absolute Gasteiger partial charge is 0.493 e. The van der Waals surface area contributed by atoms with Crippen molar-refractivity contribution in [3.63, 3.8) is 0 Å². The summed E-state index contributed by atoms with van der Waals surface area (Å²) in [6.07, 6.45) is 1.22. The highest BCUT2D eigenvalue weighted by Crippen LogP contribution is 2.21. The fourth-order valence-electron chi connectivity index (χ4n) is 1.57. The van der Waals surface area contributed by atoms with Crippen molar-refractivity contribution in [1.29, 1.82) is 0 Å². The van der Waals surface area contributed by atoms with E-state index in [0.29, 0.717) is 13.2 Å². The Morgan fingerprint density at radius 2 is 2.06 bits per heavy atom. The Kier molecular flexibility index (Phi) is 5.53. The average Bonchev–Trinajstić information content (AvgIpc) is 2.28. The van der Waals surface area contributed by atoms with Gasteiger partial charge >= 0.3 is 5.97 Å². The first kappa shape index (κ1) is 13.6. The van der Waals surface area contributed by atoms with Gasteiger partial charge in [-0.3, -0.25) is 4.79 Å². The third-order valence-electron chi connectivity index (χ3n) is 2.32. The van der Waals surface area contributed by atoms with Crippen LogP contribution in [0.1, 0.15) is 31.4 Å². The van der Waals surface area contributed by atoms with Crippen LogP contribution in [0.2, 0.25) is 0 Å². The molecule has 17 heavy (non-hydrogen) atoms. The van der Waals surface area contributed by atoms with Crippen LogP contribution in [0.4, 0.5) is 0 Å². The summed E-state index contributed by atoms with van der Waals surface area (Å²) in [5.74, 6) is 0.574. The number of hydrogen-bond donors (Lipinski definition) is 0. The Morgan fingerprint density at radius 3 is 2.71 bits per heavy atom. The van der Waals surface area contributed by atoms with Crippen LogP contribution in [0.3, 0.4) is 0 Å². The van der Waals surface area contributed by atoms with Gasteiger partial charge in [0.05, 0.1) is 19.6 Å². The molecule has 0 unspecified atom stereocenters. The van der Waals surface area contributed by atoms with E-state index >= 15 is 0 Å². The van der Waals surface area contributed by atoms with E-state index in [0.717, 1.165) is 23.3 Å². The highest BCUT2D eigenvalue weighted by Gasteiger charge is 2.10. The van der Waals surface area contributed by atoms with E-state index in [2.05, 4.69) is 6.92 Å². The summed E-state index contributed by atoms with van der Waals surface area (Å²) < 4.78 is 10.6. The second kappa shape index (κ2) is 6.94. The zero-order chi connectivity index (χ0) is 12.7. The molecule has 0 fully saturated rings. The lowest BCUT2D eigenvalue weighted by Gasteiger charge is -2.11. The molecule has 1 aromatic carbocycles. The quantitative estimate of drug-likeness (QED) is 0.712.